The summed E-state index contributed by atoms with van der Waals surface area (Å²) in [5.41, 5.74) is 29.7. The van der Waals surface area contributed by atoms with Crippen LogP contribution in [-0.2, 0) is 11.8 Å². The number of anilines is 6. The SMILES string of the molecule is Cc1cc2c3c(c1)-n1c4c(ccc(Cc5cc6c7c(c5)-n5c8c(c9cccc(c95)B7c5ccc(N(c7ccccc7)c7ccccc7)cc5O6)C(C)(C)c5ccccc5-8)c4c4oc5ccccc5c41)B3c1ccc(N(c3ccccc3)c3ccccc3)cc1O2. The van der Waals surface area contributed by atoms with Crippen LogP contribution in [0.4, 0.5) is 34.1 Å². The largest absolute Gasteiger partial charge is 0.458 e. The van der Waals surface area contributed by atoms with Crippen molar-refractivity contribution in [3.63, 3.8) is 0 Å². The van der Waals surface area contributed by atoms with Gasteiger partial charge in [-0.2, -0.15) is 0 Å². The monoisotopic (exact) mass is 1150 g/mol. The first-order valence-corrected chi connectivity index (χ1v) is 31.3. The second-order valence-corrected chi connectivity index (χ2v) is 25.5. The number of benzene rings is 12. The Morgan fingerprint density at radius 1 is 0.422 bits per heavy atom. The molecular weight excluding hydrogens is 1100 g/mol. The molecule has 9 heteroatoms. The summed E-state index contributed by atoms with van der Waals surface area (Å²) < 4.78 is 27.1. The van der Waals surface area contributed by atoms with Crippen molar-refractivity contribution in [3.8, 4) is 45.6 Å². The van der Waals surface area contributed by atoms with Gasteiger partial charge in [0.2, 0.25) is 0 Å². The predicted octanol–water partition coefficient (Wildman–Crippen LogP) is 16.5. The number of fused-ring (bicyclic) bond motifs is 18. The minimum Gasteiger partial charge on any atom is -0.458 e. The quantitative estimate of drug-likeness (QED) is 0.142. The molecule has 1 aliphatic carbocycles. The third kappa shape index (κ3) is 6.75. The highest BCUT2D eigenvalue weighted by atomic mass is 16.5. The van der Waals surface area contributed by atoms with Gasteiger partial charge in [-0.1, -0.05) is 166 Å². The van der Waals surface area contributed by atoms with Crippen molar-refractivity contribution in [3.05, 3.63) is 289 Å². The van der Waals surface area contributed by atoms with Crippen molar-refractivity contribution in [2.24, 2.45) is 0 Å². The zero-order valence-electron chi connectivity index (χ0n) is 49.7. The van der Waals surface area contributed by atoms with Gasteiger partial charge in [0.15, 0.2) is 5.58 Å². The number of furan rings is 1. The van der Waals surface area contributed by atoms with E-state index in [0.717, 1.165) is 112 Å². The van der Waals surface area contributed by atoms with Crippen LogP contribution >= 0.6 is 0 Å². The third-order valence-electron chi connectivity index (χ3n) is 20.2. The van der Waals surface area contributed by atoms with Crippen molar-refractivity contribution in [1.29, 1.82) is 0 Å². The lowest BCUT2D eigenvalue weighted by atomic mass is 9.34. The van der Waals surface area contributed by atoms with E-state index in [4.69, 9.17) is 13.9 Å². The van der Waals surface area contributed by atoms with Crippen molar-refractivity contribution >= 4 is 124 Å². The summed E-state index contributed by atoms with van der Waals surface area (Å²) in [6.45, 7) is 6.82. The minimum absolute atomic E-state index is 0.0759. The third-order valence-corrected chi connectivity index (χ3v) is 20.2. The molecule has 0 bridgehead atoms. The Labute approximate surface area is 521 Å². The summed E-state index contributed by atoms with van der Waals surface area (Å²) in [5, 5.41) is 3.52. The van der Waals surface area contributed by atoms with Gasteiger partial charge in [0.25, 0.3) is 13.4 Å². The Hall–Kier alpha value is -11.2. The molecule has 4 aliphatic heterocycles. The summed E-state index contributed by atoms with van der Waals surface area (Å²) in [7, 11) is 0. The number of nitrogens with zero attached hydrogens (tertiary/aromatic N) is 4. The highest BCUT2D eigenvalue weighted by molar-refractivity contribution is 7.00. The van der Waals surface area contributed by atoms with Crippen LogP contribution in [0.15, 0.2) is 265 Å². The molecule has 3 aromatic heterocycles. The number of aromatic nitrogens is 2. The predicted molar refractivity (Wildman–Crippen MR) is 371 cm³/mol. The van der Waals surface area contributed by atoms with Crippen LogP contribution < -0.4 is 52.1 Å². The molecular formula is C81H54B2N4O3. The van der Waals surface area contributed by atoms with Crippen molar-refractivity contribution in [1.82, 2.24) is 9.13 Å². The summed E-state index contributed by atoms with van der Waals surface area (Å²) >= 11 is 0. The molecule has 7 heterocycles. The van der Waals surface area contributed by atoms with Gasteiger partial charge in [-0.15, -0.1) is 0 Å². The number of para-hydroxylation sites is 6. The van der Waals surface area contributed by atoms with Crippen LogP contribution in [0.25, 0.3) is 66.5 Å². The molecule has 0 fully saturated rings. The number of hydrogen-bond acceptors (Lipinski definition) is 5. The van der Waals surface area contributed by atoms with E-state index in [0.29, 0.717) is 6.42 Å². The van der Waals surface area contributed by atoms with Crippen molar-refractivity contribution < 1.29 is 13.9 Å². The molecule has 0 saturated carbocycles. The highest BCUT2D eigenvalue weighted by Crippen LogP contribution is 2.55. The van der Waals surface area contributed by atoms with Crippen LogP contribution in [0.1, 0.15) is 41.7 Å². The lowest BCUT2D eigenvalue weighted by Crippen LogP contribution is -2.58. The minimum atomic E-state index is -0.227. The molecule has 15 aromatic rings. The maximum absolute atomic E-state index is 7.56. The molecule has 0 amide bonds. The normalized spacial score (nSPS) is 13.8. The second-order valence-electron chi connectivity index (χ2n) is 25.5. The first kappa shape index (κ1) is 49.9. The van der Waals surface area contributed by atoms with E-state index in [1.807, 2.05) is 0 Å². The van der Waals surface area contributed by atoms with Crippen LogP contribution in [0.5, 0.6) is 23.0 Å². The Bertz CT molecular complexity index is 5520. The molecule has 0 spiro atoms. The van der Waals surface area contributed by atoms with Gasteiger partial charge in [-0.25, -0.2) is 0 Å². The topological polar surface area (TPSA) is 47.9 Å². The Kier molecular flexibility index (Phi) is 10.1. The van der Waals surface area contributed by atoms with Crippen LogP contribution in [-0.4, -0.2) is 22.6 Å². The van der Waals surface area contributed by atoms with Gasteiger partial charge < -0.3 is 32.8 Å². The molecule has 0 atom stereocenters. The smallest absolute Gasteiger partial charge is 0.256 e. The van der Waals surface area contributed by atoms with E-state index in [-0.39, 0.29) is 18.8 Å². The summed E-state index contributed by atoms with van der Waals surface area (Å²) in [6, 6.07) is 95.0. The average Bonchev–Trinajstić information content (AvgIpc) is 1.47. The van der Waals surface area contributed by atoms with Crippen LogP contribution in [0, 0.1) is 6.92 Å². The molecule has 0 saturated heterocycles. The molecule has 12 aromatic carbocycles. The fourth-order valence-corrected chi connectivity index (χ4v) is 16.6. The standard InChI is InChI=1S/C81H54B2N4O3/c1-48-41-65-74-70(42-48)88-68-46-55(84(51-21-8-4-9-22-51)52-23-10-5-11-24-52)37-40-62(68)83(74)64-38-35-50(72-79(64)87(65)78-58-30-17-19-34-67(58)90-80(72)78)43-49-44-66-75-71(45-49)89-69-47-56(85(53-25-12-6-13-26-53)54-27-14-7-15-28-54)36-39-61(69)82(75)63-33-20-31-59-73-77(86(66)76(59)63)57-29-16-18-32-60(57)81(73,2)3/h4-42,44-47H,43H2,1-3H3. The molecule has 422 valence electrons. The van der Waals surface area contributed by atoms with E-state index in [2.05, 4.69) is 301 Å². The second kappa shape index (κ2) is 18.2. The first-order chi connectivity index (χ1) is 44.3. The molecule has 0 N–H and O–H groups in total. The summed E-state index contributed by atoms with van der Waals surface area (Å²) in [6.07, 6.45) is 0.620. The first-order valence-electron chi connectivity index (χ1n) is 31.3. The number of rotatable bonds is 8. The van der Waals surface area contributed by atoms with Crippen molar-refractivity contribution in [2.75, 3.05) is 9.80 Å². The summed E-state index contributed by atoms with van der Waals surface area (Å²) in [5.74, 6) is 3.47. The molecule has 20 rings (SSSR count). The Balaban J connectivity index is 0.805. The van der Waals surface area contributed by atoms with E-state index >= 15 is 0 Å². The lowest BCUT2D eigenvalue weighted by Gasteiger charge is -2.35. The molecule has 7 nitrogen and oxygen atoms in total. The zero-order chi connectivity index (χ0) is 59.3. The van der Waals surface area contributed by atoms with Gasteiger partial charge in [0, 0.05) is 90.3 Å². The maximum atomic E-state index is 7.56. The van der Waals surface area contributed by atoms with Gasteiger partial charge in [0.1, 0.15) is 34.1 Å². The Morgan fingerprint density at radius 3 is 1.59 bits per heavy atom. The number of hydrogen-bond donors (Lipinski definition) is 0. The zero-order valence-corrected chi connectivity index (χ0v) is 49.7. The molecule has 90 heavy (non-hydrogen) atoms. The summed E-state index contributed by atoms with van der Waals surface area (Å²) in [4.78, 5) is 4.64. The van der Waals surface area contributed by atoms with Crippen molar-refractivity contribution in [2.45, 2.75) is 32.6 Å². The lowest BCUT2D eigenvalue weighted by molar-refractivity contribution is 0.486. The van der Waals surface area contributed by atoms with Gasteiger partial charge in [-0.05, 0) is 171 Å². The van der Waals surface area contributed by atoms with E-state index in [1.165, 1.54) is 71.9 Å². The number of ether oxygens (including phenoxy) is 2. The fourth-order valence-electron chi connectivity index (χ4n) is 16.6. The average molecular weight is 1150 g/mol. The molecule has 5 aliphatic rings. The van der Waals surface area contributed by atoms with E-state index < -0.39 is 0 Å². The van der Waals surface area contributed by atoms with E-state index in [9.17, 15) is 0 Å². The van der Waals surface area contributed by atoms with Gasteiger partial charge in [-0.3, -0.25) is 0 Å². The Morgan fingerprint density at radius 2 is 0.956 bits per heavy atom. The van der Waals surface area contributed by atoms with Crippen LogP contribution in [0.3, 0.4) is 0 Å². The molecule has 0 radical (unpaired) electrons. The molecule has 0 unspecified atom stereocenters. The van der Waals surface area contributed by atoms with E-state index in [1.54, 1.807) is 0 Å². The number of aryl methyl sites for hydroxylation is 1. The highest BCUT2D eigenvalue weighted by Gasteiger charge is 2.47. The van der Waals surface area contributed by atoms with Gasteiger partial charge >= 0.3 is 0 Å². The maximum Gasteiger partial charge on any atom is 0.256 e. The van der Waals surface area contributed by atoms with Gasteiger partial charge in [0.05, 0.1) is 11.2 Å². The van der Waals surface area contributed by atoms with Crippen LogP contribution in [0.2, 0.25) is 0 Å². The fraction of sp³-hybridized carbons (Fsp3) is 0.0617.